The number of carbonyl (C=O) groups excluding carboxylic acids is 1. The average molecular weight is 399 g/mol. The lowest BCUT2D eigenvalue weighted by Gasteiger charge is -2.20. The summed E-state index contributed by atoms with van der Waals surface area (Å²) in [5.74, 6) is -0.155. The summed E-state index contributed by atoms with van der Waals surface area (Å²) in [5, 5.41) is 3.01. The maximum Gasteiger partial charge on any atom is 0.264 e. The number of Topliss-reactive ketones (excluding diaryl/α,β-unsaturated/α-hetero) is 1. The van der Waals surface area contributed by atoms with Gasteiger partial charge in [0.2, 0.25) is 0 Å². The van der Waals surface area contributed by atoms with Gasteiger partial charge in [0.05, 0.1) is 21.3 Å². The standard InChI is InChI=1S/C20H18N2O3S2/c1-13(23)15-4-3-5-18(11-15)27(24,25)22-9-8-17-10-16(6-7-20(17)22)19-12-26-14(2)21-19/h3-7,10-12H,8-9H2,1-2H3. The fourth-order valence-corrected chi connectivity index (χ4v) is 5.45. The molecule has 5 nitrogen and oxygen atoms in total. The Bertz CT molecular complexity index is 1150. The maximum atomic E-state index is 13.1. The SMILES string of the molecule is CC(=O)c1cccc(S(=O)(=O)N2CCc3cc(-c4csc(C)n4)ccc32)c1. The first-order valence-corrected chi connectivity index (χ1v) is 10.9. The molecule has 1 aliphatic rings. The second kappa shape index (κ2) is 6.58. The number of rotatable bonds is 4. The average Bonchev–Trinajstić information content (AvgIpc) is 3.27. The minimum absolute atomic E-state index is 0.141. The first kappa shape index (κ1) is 17.9. The van der Waals surface area contributed by atoms with Gasteiger partial charge < -0.3 is 0 Å². The van der Waals surface area contributed by atoms with Crippen LogP contribution in [-0.4, -0.2) is 25.7 Å². The number of sulfonamides is 1. The first-order chi connectivity index (χ1) is 12.9. The van der Waals surface area contributed by atoms with Gasteiger partial charge in [0, 0.05) is 23.1 Å². The lowest BCUT2D eigenvalue weighted by atomic mass is 10.1. The van der Waals surface area contributed by atoms with Crippen molar-refractivity contribution in [2.75, 3.05) is 10.8 Å². The Kier molecular flexibility index (Phi) is 4.36. The van der Waals surface area contributed by atoms with Crippen LogP contribution in [0.4, 0.5) is 5.69 Å². The number of benzene rings is 2. The normalized spacial score (nSPS) is 13.6. The van der Waals surface area contributed by atoms with Gasteiger partial charge in [-0.25, -0.2) is 13.4 Å². The van der Waals surface area contributed by atoms with Crippen molar-refractivity contribution in [1.82, 2.24) is 4.98 Å². The van der Waals surface area contributed by atoms with Crippen molar-refractivity contribution in [2.45, 2.75) is 25.2 Å². The highest BCUT2D eigenvalue weighted by molar-refractivity contribution is 7.92. The van der Waals surface area contributed by atoms with E-state index in [1.165, 1.54) is 23.4 Å². The van der Waals surface area contributed by atoms with Crippen LogP contribution in [0.1, 0.15) is 27.9 Å². The summed E-state index contributed by atoms with van der Waals surface area (Å²) >= 11 is 1.59. The Balaban J connectivity index is 1.71. The molecular weight excluding hydrogens is 380 g/mol. The Hall–Kier alpha value is -2.51. The van der Waals surface area contributed by atoms with Crippen LogP contribution >= 0.6 is 11.3 Å². The van der Waals surface area contributed by atoms with Crippen LogP contribution in [0.5, 0.6) is 0 Å². The molecule has 7 heteroatoms. The summed E-state index contributed by atoms with van der Waals surface area (Å²) in [6.45, 7) is 3.78. The molecule has 0 saturated carbocycles. The summed E-state index contributed by atoms with van der Waals surface area (Å²) in [7, 11) is -3.71. The van der Waals surface area contributed by atoms with Crippen molar-refractivity contribution >= 4 is 32.8 Å². The largest absolute Gasteiger partial charge is 0.295 e. The zero-order valence-corrected chi connectivity index (χ0v) is 16.6. The third-order valence-corrected chi connectivity index (χ3v) is 7.26. The predicted octanol–water partition coefficient (Wildman–Crippen LogP) is 4.07. The summed E-state index contributed by atoms with van der Waals surface area (Å²) < 4.78 is 27.7. The van der Waals surface area contributed by atoms with E-state index >= 15 is 0 Å². The van der Waals surface area contributed by atoms with Crippen molar-refractivity contribution in [3.05, 3.63) is 64.0 Å². The van der Waals surface area contributed by atoms with Gasteiger partial charge >= 0.3 is 0 Å². The Labute approximate surface area is 162 Å². The van der Waals surface area contributed by atoms with Crippen LogP contribution in [0.25, 0.3) is 11.3 Å². The highest BCUT2D eigenvalue weighted by Crippen LogP contribution is 2.36. The molecule has 0 fully saturated rings. The molecule has 2 aromatic carbocycles. The van der Waals surface area contributed by atoms with Crippen molar-refractivity contribution in [1.29, 1.82) is 0 Å². The quantitative estimate of drug-likeness (QED) is 0.621. The van der Waals surface area contributed by atoms with Crippen molar-refractivity contribution in [2.24, 2.45) is 0 Å². The van der Waals surface area contributed by atoms with E-state index in [1.54, 1.807) is 23.5 Å². The van der Waals surface area contributed by atoms with Crippen LogP contribution in [0, 0.1) is 6.92 Å². The van der Waals surface area contributed by atoms with Crippen molar-refractivity contribution < 1.29 is 13.2 Å². The number of anilines is 1. The number of carbonyl (C=O) groups is 1. The van der Waals surface area contributed by atoms with Crippen molar-refractivity contribution in [3.63, 3.8) is 0 Å². The fraction of sp³-hybridized carbons (Fsp3) is 0.200. The van der Waals surface area contributed by atoms with E-state index in [2.05, 4.69) is 4.98 Å². The molecule has 3 aromatic rings. The second-order valence-electron chi connectivity index (χ2n) is 6.51. The summed E-state index contributed by atoms with van der Waals surface area (Å²) in [4.78, 5) is 16.2. The minimum Gasteiger partial charge on any atom is -0.295 e. The van der Waals surface area contributed by atoms with Gasteiger partial charge in [-0.2, -0.15) is 0 Å². The van der Waals surface area contributed by atoms with Gasteiger partial charge in [0.15, 0.2) is 5.78 Å². The highest BCUT2D eigenvalue weighted by Gasteiger charge is 2.31. The monoisotopic (exact) mass is 398 g/mol. The van der Waals surface area contributed by atoms with E-state index in [4.69, 9.17) is 0 Å². The van der Waals surface area contributed by atoms with E-state index in [1.807, 2.05) is 30.5 Å². The summed E-state index contributed by atoms with van der Waals surface area (Å²) in [5.41, 5.74) is 3.99. The Morgan fingerprint density at radius 3 is 2.70 bits per heavy atom. The molecule has 0 amide bonds. The topological polar surface area (TPSA) is 67.3 Å². The molecule has 0 radical (unpaired) electrons. The second-order valence-corrected chi connectivity index (χ2v) is 9.43. The zero-order chi connectivity index (χ0) is 19.2. The number of aryl methyl sites for hydroxylation is 1. The van der Waals surface area contributed by atoms with E-state index in [0.29, 0.717) is 24.2 Å². The van der Waals surface area contributed by atoms with Gasteiger partial charge in [-0.3, -0.25) is 9.10 Å². The highest BCUT2D eigenvalue weighted by atomic mass is 32.2. The number of thiazole rings is 1. The molecule has 0 unspecified atom stereocenters. The summed E-state index contributed by atoms with van der Waals surface area (Å²) in [6, 6.07) is 12.0. The Morgan fingerprint density at radius 2 is 2.00 bits per heavy atom. The molecule has 2 heterocycles. The van der Waals surface area contributed by atoms with E-state index in [-0.39, 0.29) is 10.7 Å². The number of hydrogen-bond acceptors (Lipinski definition) is 5. The van der Waals surface area contributed by atoms with E-state index in [0.717, 1.165) is 21.8 Å². The van der Waals surface area contributed by atoms with Gasteiger partial charge in [0.25, 0.3) is 10.0 Å². The molecule has 0 N–H and O–H groups in total. The van der Waals surface area contributed by atoms with Gasteiger partial charge in [-0.05, 0) is 50.1 Å². The number of fused-ring (bicyclic) bond motifs is 1. The third-order valence-electron chi connectivity index (χ3n) is 4.68. The molecule has 1 aromatic heterocycles. The molecule has 0 saturated heterocycles. The van der Waals surface area contributed by atoms with Crippen LogP contribution in [0.15, 0.2) is 52.7 Å². The number of hydrogen-bond donors (Lipinski definition) is 0. The Morgan fingerprint density at radius 1 is 1.19 bits per heavy atom. The third kappa shape index (κ3) is 3.17. The molecule has 4 rings (SSSR count). The smallest absolute Gasteiger partial charge is 0.264 e. The molecule has 1 aliphatic heterocycles. The molecule has 138 valence electrons. The number of nitrogens with zero attached hydrogens (tertiary/aromatic N) is 2. The van der Waals surface area contributed by atoms with E-state index < -0.39 is 10.0 Å². The lowest BCUT2D eigenvalue weighted by molar-refractivity contribution is 0.101. The predicted molar refractivity (Wildman–Crippen MR) is 107 cm³/mol. The van der Waals surface area contributed by atoms with Crippen LogP contribution in [0.2, 0.25) is 0 Å². The first-order valence-electron chi connectivity index (χ1n) is 8.55. The molecule has 27 heavy (non-hydrogen) atoms. The van der Waals surface area contributed by atoms with E-state index in [9.17, 15) is 13.2 Å². The molecule has 0 spiro atoms. The lowest BCUT2D eigenvalue weighted by Crippen LogP contribution is -2.29. The van der Waals surface area contributed by atoms with Gasteiger partial charge in [-0.15, -0.1) is 11.3 Å². The fourth-order valence-electron chi connectivity index (χ4n) is 3.28. The van der Waals surface area contributed by atoms with Crippen LogP contribution in [-0.2, 0) is 16.4 Å². The van der Waals surface area contributed by atoms with Gasteiger partial charge in [0.1, 0.15) is 0 Å². The number of ketones is 1. The van der Waals surface area contributed by atoms with Gasteiger partial charge in [-0.1, -0.05) is 18.2 Å². The summed E-state index contributed by atoms with van der Waals surface area (Å²) in [6.07, 6.45) is 0.651. The van der Waals surface area contributed by atoms with Crippen LogP contribution < -0.4 is 4.31 Å². The maximum absolute atomic E-state index is 13.1. The molecular formula is C20H18N2O3S2. The zero-order valence-electron chi connectivity index (χ0n) is 15.0. The molecule has 0 bridgehead atoms. The number of aromatic nitrogens is 1. The van der Waals surface area contributed by atoms with Crippen LogP contribution in [0.3, 0.4) is 0 Å². The van der Waals surface area contributed by atoms with Crippen molar-refractivity contribution in [3.8, 4) is 11.3 Å². The molecule has 0 aliphatic carbocycles. The molecule has 0 atom stereocenters. The minimum atomic E-state index is -3.71.